The van der Waals surface area contributed by atoms with Crippen LogP contribution in [0.3, 0.4) is 0 Å². The fourth-order valence-corrected chi connectivity index (χ4v) is 4.90. The number of carbonyl (C=O) groups is 3. The summed E-state index contributed by atoms with van der Waals surface area (Å²) in [7, 11) is 0. The van der Waals surface area contributed by atoms with Crippen LogP contribution in [0.5, 0.6) is 0 Å². The van der Waals surface area contributed by atoms with Crippen molar-refractivity contribution in [2.75, 3.05) is 0 Å². The van der Waals surface area contributed by atoms with Gasteiger partial charge in [-0.05, 0) is 31.6 Å². The van der Waals surface area contributed by atoms with E-state index in [2.05, 4.69) is 19.2 Å². The second-order valence-corrected chi connectivity index (χ2v) is 10.8. The lowest BCUT2D eigenvalue weighted by atomic mass is 9.86. The molecule has 1 amide bonds. The van der Waals surface area contributed by atoms with Gasteiger partial charge in [0.2, 0.25) is 6.41 Å². The summed E-state index contributed by atoms with van der Waals surface area (Å²) in [5.41, 5.74) is 0. The zero-order valence-corrected chi connectivity index (χ0v) is 23.0. The summed E-state index contributed by atoms with van der Waals surface area (Å²) in [6.07, 6.45) is 18.5. The van der Waals surface area contributed by atoms with Crippen molar-refractivity contribution in [2.45, 2.75) is 155 Å². The quantitative estimate of drug-likeness (QED) is 0.0949. The lowest BCUT2D eigenvalue weighted by Gasteiger charge is -2.37. The summed E-state index contributed by atoms with van der Waals surface area (Å²) >= 11 is 0. The average molecular weight is 496 g/mol. The highest BCUT2D eigenvalue weighted by Gasteiger charge is 2.43. The summed E-state index contributed by atoms with van der Waals surface area (Å²) < 4.78 is 11.4. The van der Waals surface area contributed by atoms with Crippen LogP contribution < -0.4 is 5.32 Å². The summed E-state index contributed by atoms with van der Waals surface area (Å²) in [6.45, 7) is 8.45. The number of hydrogen-bond acceptors (Lipinski definition) is 5. The number of rotatable bonds is 23. The van der Waals surface area contributed by atoms with Crippen LogP contribution in [0.1, 0.15) is 137 Å². The molecule has 1 N–H and O–H groups in total. The fourth-order valence-electron chi connectivity index (χ4n) is 4.90. The molecule has 4 atom stereocenters. The zero-order valence-electron chi connectivity index (χ0n) is 23.0. The Morgan fingerprint density at radius 2 is 1.51 bits per heavy atom. The number of amides is 1. The zero-order chi connectivity index (χ0) is 25.9. The van der Waals surface area contributed by atoms with E-state index in [0.29, 0.717) is 19.3 Å². The van der Waals surface area contributed by atoms with Gasteiger partial charge in [0.15, 0.2) is 0 Å². The number of unbranched alkanes of at least 4 members (excludes halogenated alkanes) is 11. The minimum atomic E-state index is -0.632. The molecule has 1 aliphatic heterocycles. The first-order valence-corrected chi connectivity index (χ1v) is 14.5. The average Bonchev–Trinajstić information content (AvgIpc) is 2.81. The third-order valence-corrected chi connectivity index (χ3v) is 7.06. The fraction of sp³-hybridized carbons (Fsp3) is 0.897. The Hall–Kier alpha value is -1.59. The van der Waals surface area contributed by atoms with Gasteiger partial charge in [-0.1, -0.05) is 105 Å². The molecule has 0 aromatic heterocycles. The Morgan fingerprint density at radius 1 is 0.943 bits per heavy atom. The molecule has 1 aliphatic rings. The molecule has 0 aromatic carbocycles. The molecule has 0 bridgehead atoms. The maximum absolute atomic E-state index is 12.9. The van der Waals surface area contributed by atoms with Gasteiger partial charge in [0, 0.05) is 6.42 Å². The van der Waals surface area contributed by atoms with Gasteiger partial charge in [0.25, 0.3) is 0 Å². The van der Waals surface area contributed by atoms with Gasteiger partial charge in [-0.3, -0.25) is 9.59 Å². The van der Waals surface area contributed by atoms with Crippen LogP contribution in [-0.2, 0) is 23.9 Å². The topological polar surface area (TPSA) is 81.7 Å². The molecule has 1 rings (SSSR count). The van der Waals surface area contributed by atoms with Crippen LogP contribution in [0.15, 0.2) is 0 Å². The molecule has 1 saturated heterocycles. The van der Waals surface area contributed by atoms with E-state index in [1.165, 1.54) is 57.8 Å². The van der Waals surface area contributed by atoms with Crippen molar-refractivity contribution in [3.8, 4) is 0 Å². The van der Waals surface area contributed by atoms with Gasteiger partial charge in [0.1, 0.15) is 18.2 Å². The maximum Gasteiger partial charge on any atom is 0.328 e. The molecule has 1 heterocycles. The van der Waals surface area contributed by atoms with E-state index < -0.39 is 6.04 Å². The van der Waals surface area contributed by atoms with Crippen molar-refractivity contribution in [1.82, 2.24) is 5.32 Å². The van der Waals surface area contributed by atoms with Crippen LogP contribution in [0.2, 0.25) is 0 Å². The van der Waals surface area contributed by atoms with E-state index in [0.717, 1.165) is 38.5 Å². The summed E-state index contributed by atoms with van der Waals surface area (Å²) in [5, 5.41) is 2.62. The minimum Gasteiger partial charge on any atom is -0.461 e. The SMILES string of the molecule is CCCCCCCCCCCC(C[C@@H]1OC(=O)[C@H]1CCCCCC)OC(=O)[C@H](CC(C)C)NC=O. The molecule has 6 heteroatoms. The molecular formula is C29H53NO5. The van der Waals surface area contributed by atoms with Crippen molar-refractivity contribution < 1.29 is 23.9 Å². The van der Waals surface area contributed by atoms with Crippen molar-refractivity contribution in [3.05, 3.63) is 0 Å². The predicted octanol–water partition coefficient (Wildman–Crippen LogP) is 6.88. The molecule has 6 nitrogen and oxygen atoms in total. The maximum atomic E-state index is 12.9. The van der Waals surface area contributed by atoms with E-state index in [4.69, 9.17) is 9.47 Å². The highest BCUT2D eigenvalue weighted by molar-refractivity contribution is 5.79. The Kier molecular flexibility index (Phi) is 17.6. The number of ether oxygens (including phenoxy) is 2. The number of hydrogen-bond donors (Lipinski definition) is 1. The molecule has 0 saturated carbocycles. The van der Waals surface area contributed by atoms with Crippen molar-refractivity contribution in [3.63, 3.8) is 0 Å². The monoisotopic (exact) mass is 495 g/mol. The van der Waals surface area contributed by atoms with Gasteiger partial charge < -0.3 is 14.8 Å². The highest BCUT2D eigenvalue weighted by Crippen LogP contribution is 2.32. The molecule has 0 aliphatic carbocycles. The lowest BCUT2D eigenvalue weighted by molar-refractivity contribution is -0.190. The number of cyclic esters (lactones) is 1. The number of carbonyl (C=O) groups excluding carboxylic acids is 3. The summed E-state index contributed by atoms with van der Waals surface area (Å²) in [4.78, 5) is 36.0. The second kappa shape index (κ2) is 19.6. The Balaban J connectivity index is 2.58. The molecule has 204 valence electrons. The van der Waals surface area contributed by atoms with Crippen molar-refractivity contribution in [1.29, 1.82) is 0 Å². The standard InChI is InChI=1S/C29H53NO5/c1-5-7-9-11-12-13-14-15-16-18-24(34-29(33)26(30-22-31)20-23(3)4)21-27-25(28(32)35-27)19-17-10-8-6-2/h22-27H,5-21H2,1-4H3,(H,30,31)/t24?,25-,26-,27-/m0/s1. The first kappa shape index (κ1) is 31.4. The van der Waals surface area contributed by atoms with Gasteiger partial charge in [-0.2, -0.15) is 0 Å². The number of esters is 2. The van der Waals surface area contributed by atoms with Gasteiger partial charge >= 0.3 is 11.9 Å². The van der Waals surface area contributed by atoms with Crippen LogP contribution in [0, 0.1) is 11.8 Å². The predicted molar refractivity (Wildman–Crippen MR) is 141 cm³/mol. The largest absolute Gasteiger partial charge is 0.461 e. The Labute approximate surface area is 214 Å². The number of nitrogens with one attached hydrogen (secondary N) is 1. The molecule has 0 aromatic rings. The van der Waals surface area contributed by atoms with Gasteiger partial charge in [0.05, 0.1) is 5.92 Å². The lowest BCUT2D eigenvalue weighted by Crippen LogP contribution is -2.48. The minimum absolute atomic E-state index is 0.0734. The Bertz CT molecular complexity index is 579. The van der Waals surface area contributed by atoms with E-state index in [1.54, 1.807) is 0 Å². The van der Waals surface area contributed by atoms with Crippen molar-refractivity contribution >= 4 is 18.3 Å². The van der Waals surface area contributed by atoms with E-state index in [9.17, 15) is 14.4 Å². The normalized spacial score (nSPS) is 19.1. The Morgan fingerprint density at radius 3 is 2.06 bits per heavy atom. The van der Waals surface area contributed by atoms with Crippen molar-refractivity contribution in [2.24, 2.45) is 11.8 Å². The van der Waals surface area contributed by atoms with Crippen LogP contribution in [-0.4, -0.2) is 36.6 Å². The van der Waals surface area contributed by atoms with E-state index >= 15 is 0 Å². The van der Waals surface area contributed by atoms with E-state index in [-0.39, 0.29) is 36.0 Å². The first-order chi connectivity index (χ1) is 16.9. The summed E-state index contributed by atoms with van der Waals surface area (Å²) in [6, 6.07) is -0.632. The third-order valence-electron chi connectivity index (χ3n) is 7.06. The second-order valence-electron chi connectivity index (χ2n) is 10.8. The molecular weight excluding hydrogens is 442 g/mol. The molecule has 35 heavy (non-hydrogen) atoms. The van der Waals surface area contributed by atoms with Crippen LogP contribution >= 0.6 is 0 Å². The summed E-state index contributed by atoms with van der Waals surface area (Å²) in [5.74, 6) is -0.302. The molecule has 1 unspecified atom stereocenters. The van der Waals surface area contributed by atoms with Crippen LogP contribution in [0.4, 0.5) is 0 Å². The third kappa shape index (κ3) is 13.9. The van der Waals surface area contributed by atoms with Crippen LogP contribution in [0.25, 0.3) is 0 Å². The molecule has 0 spiro atoms. The highest BCUT2D eigenvalue weighted by atomic mass is 16.6. The first-order valence-electron chi connectivity index (χ1n) is 14.5. The van der Waals surface area contributed by atoms with Gasteiger partial charge in [-0.15, -0.1) is 0 Å². The molecule has 1 fully saturated rings. The van der Waals surface area contributed by atoms with Gasteiger partial charge in [-0.25, -0.2) is 4.79 Å². The molecule has 0 radical (unpaired) electrons. The van der Waals surface area contributed by atoms with E-state index in [1.807, 2.05) is 13.8 Å². The smallest absolute Gasteiger partial charge is 0.328 e.